The number of aryl methyl sites for hydroxylation is 2. The van der Waals surface area contributed by atoms with Crippen LogP contribution in [0.25, 0.3) is 0 Å². The first-order valence-electron chi connectivity index (χ1n) is 6.65. The molecule has 0 fully saturated rings. The summed E-state index contributed by atoms with van der Waals surface area (Å²) in [7, 11) is 0. The number of carbonyl (C=O) groups is 2. The molecule has 0 aromatic heterocycles. The predicted molar refractivity (Wildman–Crippen MR) is 75.7 cm³/mol. The summed E-state index contributed by atoms with van der Waals surface area (Å²) in [4.78, 5) is 22.6. The van der Waals surface area contributed by atoms with Crippen molar-refractivity contribution in [1.82, 2.24) is 5.32 Å². The number of rotatable bonds is 7. The number of ether oxygens (including phenoxy) is 2. The van der Waals surface area contributed by atoms with Crippen LogP contribution in [-0.4, -0.2) is 31.6 Å². The molecule has 1 amide bonds. The van der Waals surface area contributed by atoms with Gasteiger partial charge < -0.3 is 14.8 Å². The molecule has 0 radical (unpaired) electrons. The lowest BCUT2D eigenvalue weighted by molar-refractivity contribution is -0.143. The van der Waals surface area contributed by atoms with Crippen molar-refractivity contribution < 1.29 is 19.1 Å². The Balaban J connectivity index is 2.26. The molecule has 0 aliphatic carbocycles. The van der Waals surface area contributed by atoms with Crippen molar-refractivity contribution in [2.45, 2.75) is 27.2 Å². The SMILES string of the molecule is CCOC(=O)CCNC(=O)COc1ccc(C)c(C)c1. The minimum absolute atomic E-state index is 0.0642. The molecule has 0 atom stereocenters. The molecule has 1 aromatic carbocycles. The Morgan fingerprint density at radius 1 is 1.20 bits per heavy atom. The second kappa shape index (κ2) is 8.19. The summed E-state index contributed by atoms with van der Waals surface area (Å²) in [5.74, 6) is 0.0871. The van der Waals surface area contributed by atoms with Crippen LogP contribution < -0.4 is 10.1 Å². The molecule has 20 heavy (non-hydrogen) atoms. The molecular weight excluding hydrogens is 258 g/mol. The number of carbonyl (C=O) groups excluding carboxylic acids is 2. The Bertz CT molecular complexity index is 471. The quantitative estimate of drug-likeness (QED) is 0.772. The summed E-state index contributed by atoms with van der Waals surface area (Å²) in [5, 5.41) is 2.60. The molecule has 0 spiro atoms. The Hall–Kier alpha value is -2.04. The van der Waals surface area contributed by atoms with Crippen LogP contribution in [0.4, 0.5) is 0 Å². The molecule has 0 heterocycles. The molecule has 0 saturated heterocycles. The zero-order valence-electron chi connectivity index (χ0n) is 12.2. The number of esters is 1. The van der Waals surface area contributed by atoms with Crippen LogP contribution in [0.15, 0.2) is 18.2 Å². The lowest BCUT2D eigenvalue weighted by atomic mass is 10.1. The summed E-state index contributed by atoms with van der Waals surface area (Å²) in [6, 6.07) is 5.67. The van der Waals surface area contributed by atoms with Gasteiger partial charge in [0.05, 0.1) is 13.0 Å². The van der Waals surface area contributed by atoms with Gasteiger partial charge in [-0.05, 0) is 44.0 Å². The summed E-state index contributed by atoms with van der Waals surface area (Å²) in [6.45, 7) is 6.29. The van der Waals surface area contributed by atoms with Crippen molar-refractivity contribution in [3.63, 3.8) is 0 Å². The molecule has 5 heteroatoms. The molecule has 0 aliphatic rings. The van der Waals surface area contributed by atoms with E-state index in [9.17, 15) is 9.59 Å². The van der Waals surface area contributed by atoms with Crippen molar-refractivity contribution in [1.29, 1.82) is 0 Å². The zero-order chi connectivity index (χ0) is 15.0. The molecule has 0 bridgehead atoms. The van der Waals surface area contributed by atoms with E-state index in [0.717, 1.165) is 5.56 Å². The van der Waals surface area contributed by atoms with Gasteiger partial charge in [0.1, 0.15) is 5.75 Å². The van der Waals surface area contributed by atoms with Gasteiger partial charge in [-0.1, -0.05) is 6.07 Å². The normalized spacial score (nSPS) is 9.95. The van der Waals surface area contributed by atoms with Crippen LogP contribution in [0.1, 0.15) is 24.5 Å². The van der Waals surface area contributed by atoms with Gasteiger partial charge in [-0.3, -0.25) is 9.59 Å². The second-order valence-corrected chi connectivity index (χ2v) is 4.44. The summed E-state index contributed by atoms with van der Waals surface area (Å²) >= 11 is 0. The number of benzene rings is 1. The van der Waals surface area contributed by atoms with E-state index in [1.165, 1.54) is 5.56 Å². The minimum Gasteiger partial charge on any atom is -0.484 e. The minimum atomic E-state index is -0.317. The monoisotopic (exact) mass is 279 g/mol. The fourth-order valence-corrected chi connectivity index (χ4v) is 1.54. The Labute approximate surface area is 119 Å². The van der Waals surface area contributed by atoms with Gasteiger partial charge in [-0.2, -0.15) is 0 Å². The third kappa shape index (κ3) is 5.73. The number of hydrogen-bond acceptors (Lipinski definition) is 4. The first-order chi connectivity index (χ1) is 9.52. The van der Waals surface area contributed by atoms with Crippen molar-refractivity contribution >= 4 is 11.9 Å². The van der Waals surface area contributed by atoms with Gasteiger partial charge in [0.15, 0.2) is 6.61 Å². The highest BCUT2D eigenvalue weighted by Gasteiger charge is 2.06. The van der Waals surface area contributed by atoms with E-state index in [1.807, 2.05) is 32.0 Å². The Morgan fingerprint density at radius 2 is 1.95 bits per heavy atom. The smallest absolute Gasteiger partial charge is 0.307 e. The molecule has 1 rings (SSSR count). The third-order valence-electron chi connectivity index (χ3n) is 2.80. The highest BCUT2D eigenvalue weighted by molar-refractivity contribution is 5.78. The van der Waals surface area contributed by atoms with E-state index in [-0.39, 0.29) is 31.4 Å². The van der Waals surface area contributed by atoms with Crippen molar-refractivity contribution in [2.75, 3.05) is 19.8 Å². The highest BCUT2D eigenvalue weighted by atomic mass is 16.5. The first kappa shape index (κ1) is 16.0. The average molecular weight is 279 g/mol. The molecule has 0 unspecified atom stereocenters. The van der Waals surface area contributed by atoms with E-state index in [1.54, 1.807) is 6.92 Å². The predicted octanol–water partition coefficient (Wildman–Crippen LogP) is 1.75. The average Bonchev–Trinajstić information content (AvgIpc) is 2.40. The Kier molecular flexibility index (Phi) is 6.56. The topological polar surface area (TPSA) is 64.6 Å². The van der Waals surface area contributed by atoms with E-state index in [2.05, 4.69) is 5.32 Å². The standard InChI is InChI=1S/C15H21NO4/c1-4-19-15(18)7-8-16-14(17)10-20-13-6-5-11(2)12(3)9-13/h5-6,9H,4,7-8,10H2,1-3H3,(H,16,17). The van der Waals surface area contributed by atoms with Crippen LogP contribution in [0, 0.1) is 13.8 Å². The molecule has 5 nitrogen and oxygen atoms in total. The Morgan fingerprint density at radius 3 is 2.60 bits per heavy atom. The van der Waals surface area contributed by atoms with Crippen molar-refractivity contribution in [3.8, 4) is 5.75 Å². The van der Waals surface area contributed by atoms with Crippen LogP contribution in [0.5, 0.6) is 5.75 Å². The largest absolute Gasteiger partial charge is 0.484 e. The van der Waals surface area contributed by atoms with Crippen molar-refractivity contribution in [3.05, 3.63) is 29.3 Å². The molecule has 0 aliphatic heterocycles. The van der Waals surface area contributed by atoms with Crippen molar-refractivity contribution in [2.24, 2.45) is 0 Å². The lowest BCUT2D eigenvalue weighted by Crippen LogP contribution is -2.31. The lowest BCUT2D eigenvalue weighted by Gasteiger charge is -2.09. The zero-order valence-corrected chi connectivity index (χ0v) is 12.2. The fourth-order valence-electron chi connectivity index (χ4n) is 1.54. The van der Waals surface area contributed by atoms with Crippen LogP contribution in [-0.2, 0) is 14.3 Å². The third-order valence-corrected chi connectivity index (χ3v) is 2.80. The van der Waals surface area contributed by atoms with Gasteiger partial charge in [-0.15, -0.1) is 0 Å². The molecular formula is C15H21NO4. The van der Waals surface area contributed by atoms with E-state index in [0.29, 0.717) is 12.4 Å². The van der Waals surface area contributed by atoms with Crippen LogP contribution in [0.2, 0.25) is 0 Å². The summed E-state index contributed by atoms with van der Waals surface area (Å²) < 4.78 is 10.1. The number of hydrogen-bond donors (Lipinski definition) is 1. The summed E-state index contributed by atoms with van der Waals surface area (Å²) in [6.07, 6.45) is 0.170. The summed E-state index contributed by atoms with van der Waals surface area (Å²) in [5.41, 5.74) is 2.29. The van der Waals surface area contributed by atoms with Gasteiger partial charge in [0, 0.05) is 6.54 Å². The van der Waals surface area contributed by atoms with Gasteiger partial charge in [0.2, 0.25) is 0 Å². The van der Waals surface area contributed by atoms with Gasteiger partial charge in [0.25, 0.3) is 5.91 Å². The van der Waals surface area contributed by atoms with Gasteiger partial charge >= 0.3 is 5.97 Å². The molecule has 1 N–H and O–H groups in total. The van der Waals surface area contributed by atoms with Gasteiger partial charge in [-0.25, -0.2) is 0 Å². The second-order valence-electron chi connectivity index (χ2n) is 4.44. The maximum absolute atomic E-state index is 11.5. The molecule has 0 saturated carbocycles. The molecule has 1 aromatic rings. The molecule has 110 valence electrons. The van der Waals surface area contributed by atoms with E-state index < -0.39 is 0 Å². The van der Waals surface area contributed by atoms with Crippen LogP contribution >= 0.6 is 0 Å². The van der Waals surface area contributed by atoms with E-state index >= 15 is 0 Å². The maximum atomic E-state index is 11.5. The maximum Gasteiger partial charge on any atom is 0.307 e. The number of amides is 1. The van der Waals surface area contributed by atoms with Crippen LogP contribution in [0.3, 0.4) is 0 Å². The number of nitrogens with one attached hydrogen (secondary N) is 1. The van der Waals surface area contributed by atoms with E-state index in [4.69, 9.17) is 9.47 Å². The fraction of sp³-hybridized carbons (Fsp3) is 0.467. The first-order valence-corrected chi connectivity index (χ1v) is 6.65. The highest BCUT2D eigenvalue weighted by Crippen LogP contribution is 2.16.